The van der Waals surface area contributed by atoms with Gasteiger partial charge in [-0.2, -0.15) is 0 Å². The second kappa shape index (κ2) is 4.64. The number of aliphatic carboxylic acids is 1. The maximum atomic E-state index is 13.6. The molecule has 0 radical (unpaired) electrons. The van der Waals surface area contributed by atoms with Crippen molar-refractivity contribution in [1.82, 2.24) is 0 Å². The van der Waals surface area contributed by atoms with Crippen LogP contribution in [0.15, 0.2) is 18.2 Å². The van der Waals surface area contributed by atoms with Crippen LogP contribution in [0.1, 0.15) is 23.2 Å². The SMILES string of the molecule is NC(=O)c1c(F)cccc1N1CCCC1C(=O)O. The average molecular weight is 252 g/mol. The van der Waals surface area contributed by atoms with Crippen LogP contribution in [-0.4, -0.2) is 29.6 Å². The molecule has 96 valence electrons. The topological polar surface area (TPSA) is 83.6 Å². The van der Waals surface area contributed by atoms with E-state index < -0.39 is 23.7 Å². The van der Waals surface area contributed by atoms with E-state index in [2.05, 4.69) is 0 Å². The van der Waals surface area contributed by atoms with Crippen LogP contribution >= 0.6 is 0 Å². The molecule has 1 heterocycles. The van der Waals surface area contributed by atoms with Crippen molar-refractivity contribution in [3.05, 3.63) is 29.6 Å². The minimum absolute atomic E-state index is 0.245. The highest BCUT2D eigenvalue weighted by molar-refractivity contribution is 5.99. The Bertz CT molecular complexity index is 504. The van der Waals surface area contributed by atoms with Gasteiger partial charge in [-0.3, -0.25) is 4.79 Å². The number of carboxylic acid groups (broad SMARTS) is 1. The summed E-state index contributed by atoms with van der Waals surface area (Å²) in [6, 6.07) is 3.36. The molecule has 1 atom stereocenters. The molecule has 1 amide bonds. The van der Waals surface area contributed by atoms with Crippen molar-refractivity contribution in [3.8, 4) is 0 Å². The monoisotopic (exact) mass is 252 g/mol. The van der Waals surface area contributed by atoms with Crippen LogP contribution in [0.4, 0.5) is 10.1 Å². The summed E-state index contributed by atoms with van der Waals surface area (Å²) in [6.07, 6.45) is 1.16. The number of nitrogens with zero attached hydrogens (tertiary/aromatic N) is 1. The highest BCUT2D eigenvalue weighted by Crippen LogP contribution is 2.30. The number of carbonyl (C=O) groups is 2. The van der Waals surface area contributed by atoms with Gasteiger partial charge in [-0.1, -0.05) is 6.07 Å². The Morgan fingerprint density at radius 1 is 1.44 bits per heavy atom. The molecule has 1 aliphatic heterocycles. The number of halogens is 1. The number of carboxylic acids is 1. The Kier molecular flexibility index (Phi) is 3.18. The largest absolute Gasteiger partial charge is 0.480 e. The van der Waals surface area contributed by atoms with Gasteiger partial charge in [0.1, 0.15) is 11.9 Å². The molecular formula is C12H13FN2O3. The minimum Gasteiger partial charge on any atom is -0.480 e. The molecule has 0 bridgehead atoms. The van der Waals surface area contributed by atoms with Gasteiger partial charge in [-0.15, -0.1) is 0 Å². The van der Waals surface area contributed by atoms with E-state index >= 15 is 0 Å². The summed E-state index contributed by atoms with van der Waals surface area (Å²) >= 11 is 0. The Hall–Kier alpha value is -2.11. The molecule has 0 aromatic heterocycles. The molecule has 5 nitrogen and oxygen atoms in total. The summed E-state index contributed by atoms with van der Waals surface area (Å²) < 4.78 is 13.6. The molecule has 1 fully saturated rings. The van der Waals surface area contributed by atoms with E-state index in [0.29, 0.717) is 19.4 Å². The number of amides is 1. The lowest BCUT2D eigenvalue weighted by molar-refractivity contribution is -0.138. The molecular weight excluding hydrogens is 239 g/mol. The number of hydrogen-bond acceptors (Lipinski definition) is 3. The standard InChI is InChI=1S/C12H13FN2O3/c13-7-3-1-4-8(10(7)11(14)16)15-6-2-5-9(15)12(17)18/h1,3-4,9H,2,5-6H2,(H2,14,16)(H,17,18). The van der Waals surface area contributed by atoms with Crippen LogP contribution in [0.5, 0.6) is 0 Å². The quantitative estimate of drug-likeness (QED) is 0.839. The van der Waals surface area contributed by atoms with Gasteiger partial charge >= 0.3 is 5.97 Å². The maximum absolute atomic E-state index is 13.6. The Labute approximate surface area is 103 Å². The fourth-order valence-electron chi connectivity index (χ4n) is 2.31. The number of carbonyl (C=O) groups excluding carboxylic acids is 1. The molecule has 0 spiro atoms. The van der Waals surface area contributed by atoms with E-state index in [1.165, 1.54) is 17.0 Å². The fraction of sp³-hybridized carbons (Fsp3) is 0.333. The first-order valence-corrected chi connectivity index (χ1v) is 5.60. The van der Waals surface area contributed by atoms with Gasteiger partial charge < -0.3 is 15.7 Å². The second-order valence-corrected chi connectivity index (χ2v) is 4.19. The zero-order valence-corrected chi connectivity index (χ0v) is 9.60. The van der Waals surface area contributed by atoms with Gasteiger partial charge in [0, 0.05) is 6.54 Å². The van der Waals surface area contributed by atoms with Crippen LogP contribution < -0.4 is 10.6 Å². The van der Waals surface area contributed by atoms with E-state index in [1.54, 1.807) is 0 Å². The fourth-order valence-corrected chi connectivity index (χ4v) is 2.31. The van der Waals surface area contributed by atoms with Crippen molar-refractivity contribution >= 4 is 17.6 Å². The highest BCUT2D eigenvalue weighted by Gasteiger charge is 2.33. The summed E-state index contributed by atoms with van der Waals surface area (Å²) in [5, 5.41) is 9.09. The molecule has 2 rings (SSSR count). The third-order valence-electron chi connectivity index (χ3n) is 3.09. The van der Waals surface area contributed by atoms with Crippen LogP contribution in [0.2, 0.25) is 0 Å². The molecule has 1 aromatic rings. The van der Waals surface area contributed by atoms with Gasteiger partial charge in [-0.05, 0) is 25.0 Å². The van der Waals surface area contributed by atoms with Gasteiger partial charge in [0.15, 0.2) is 0 Å². The van der Waals surface area contributed by atoms with E-state index in [-0.39, 0.29) is 11.3 Å². The molecule has 18 heavy (non-hydrogen) atoms. The molecule has 3 N–H and O–H groups in total. The maximum Gasteiger partial charge on any atom is 0.326 e. The number of primary amides is 1. The lowest BCUT2D eigenvalue weighted by Gasteiger charge is -2.25. The van der Waals surface area contributed by atoms with Crippen LogP contribution in [-0.2, 0) is 4.79 Å². The average Bonchev–Trinajstić information content (AvgIpc) is 2.76. The van der Waals surface area contributed by atoms with Gasteiger partial charge in [-0.25, -0.2) is 9.18 Å². The van der Waals surface area contributed by atoms with E-state index in [4.69, 9.17) is 10.8 Å². The smallest absolute Gasteiger partial charge is 0.326 e. The first-order chi connectivity index (χ1) is 8.52. The number of benzene rings is 1. The number of hydrogen-bond donors (Lipinski definition) is 2. The molecule has 1 aliphatic rings. The predicted molar refractivity (Wildman–Crippen MR) is 62.9 cm³/mol. The molecule has 0 saturated carbocycles. The first-order valence-electron chi connectivity index (χ1n) is 5.60. The van der Waals surface area contributed by atoms with Crippen molar-refractivity contribution in [2.45, 2.75) is 18.9 Å². The van der Waals surface area contributed by atoms with E-state index in [0.717, 1.165) is 6.07 Å². The van der Waals surface area contributed by atoms with Crippen molar-refractivity contribution < 1.29 is 19.1 Å². The Morgan fingerprint density at radius 3 is 2.78 bits per heavy atom. The number of anilines is 1. The van der Waals surface area contributed by atoms with Crippen molar-refractivity contribution in [2.24, 2.45) is 5.73 Å². The minimum atomic E-state index is -0.979. The summed E-state index contributed by atoms with van der Waals surface area (Å²) in [4.78, 5) is 23.9. The lowest BCUT2D eigenvalue weighted by Crippen LogP contribution is -2.37. The van der Waals surface area contributed by atoms with E-state index in [1.807, 2.05) is 0 Å². The molecule has 1 saturated heterocycles. The zero-order valence-electron chi connectivity index (χ0n) is 9.60. The molecule has 0 aliphatic carbocycles. The second-order valence-electron chi connectivity index (χ2n) is 4.19. The lowest BCUT2D eigenvalue weighted by atomic mass is 10.1. The summed E-state index contributed by atoms with van der Waals surface area (Å²) in [6.45, 7) is 0.473. The molecule has 1 unspecified atom stereocenters. The normalized spacial score (nSPS) is 18.9. The van der Waals surface area contributed by atoms with E-state index in [9.17, 15) is 14.0 Å². The molecule has 1 aromatic carbocycles. The Balaban J connectivity index is 2.48. The van der Waals surface area contributed by atoms with Gasteiger partial charge in [0.05, 0.1) is 11.3 Å². The molecule has 6 heteroatoms. The summed E-state index contributed by atoms with van der Waals surface area (Å²) in [7, 11) is 0. The summed E-state index contributed by atoms with van der Waals surface area (Å²) in [5.74, 6) is -2.60. The third-order valence-corrected chi connectivity index (χ3v) is 3.09. The third kappa shape index (κ3) is 2.01. The van der Waals surface area contributed by atoms with Crippen LogP contribution in [0, 0.1) is 5.82 Å². The predicted octanol–water partition coefficient (Wildman–Crippen LogP) is 0.978. The van der Waals surface area contributed by atoms with Gasteiger partial charge in [0.2, 0.25) is 0 Å². The zero-order chi connectivity index (χ0) is 13.3. The van der Waals surface area contributed by atoms with Crippen molar-refractivity contribution in [1.29, 1.82) is 0 Å². The van der Waals surface area contributed by atoms with Crippen LogP contribution in [0.3, 0.4) is 0 Å². The highest BCUT2D eigenvalue weighted by atomic mass is 19.1. The summed E-state index contributed by atoms with van der Waals surface area (Å²) in [5.41, 5.74) is 5.16. The van der Waals surface area contributed by atoms with Crippen molar-refractivity contribution in [3.63, 3.8) is 0 Å². The van der Waals surface area contributed by atoms with Crippen molar-refractivity contribution in [2.75, 3.05) is 11.4 Å². The number of nitrogens with two attached hydrogens (primary N) is 1. The van der Waals surface area contributed by atoms with Gasteiger partial charge in [0.25, 0.3) is 5.91 Å². The Morgan fingerprint density at radius 2 is 2.17 bits per heavy atom. The first kappa shape index (κ1) is 12.3. The number of rotatable bonds is 3. The van der Waals surface area contributed by atoms with Crippen LogP contribution in [0.25, 0.3) is 0 Å².